The Morgan fingerprint density at radius 1 is 1.03 bits per heavy atom. The second kappa shape index (κ2) is 8.83. The van der Waals surface area contributed by atoms with Crippen LogP contribution in [0.4, 0.5) is 5.82 Å². The molecule has 1 aliphatic rings. The Kier molecular flexibility index (Phi) is 5.98. The summed E-state index contributed by atoms with van der Waals surface area (Å²) in [6, 6.07) is 7.53. The molecular formula is C21H24N6O2S. The Bertz CT molecular complexity index is 1060. The highest BCUT2D eigenvalue weighted by Crippen LogP contribution is 2.23. The largest absolute Gasteiger partial charge is 0.352 e. The van der Waals surface area contributed by atoms with E-state index < -0.39 is 0 Å². The first-order chi connectivity index (χ1) is 14.6. The van der Waals surface area contributed by atoms with Crippen LogP contribution in [0.3, 0.4) is 0 Å². The third-order valence-electron chi connectivity index (χ3n) is 5.42. The van der Waals surface area contributed by atoms with Crippen molar-refractivity contribution in [3.8, 4) is 0 Å². The van der Waals surface area contributed by atoms with Gasteiger partial charge >= 0.3 is 0 Å². The number of ketones is 1. The minimum absolute atomic E-state index is 0.00888. The molecule has 3 heterocycles. The predicted octanol–water partition coefficient (Wildman–Crippen LogP) is 2.40. The molecule has 9 heteroatoms. The first-order valence-corrected chi connectivity index (χ1v) is 11.1. The van der Waals surface area contributed by atoms with Crippen LogP contribution in [0.5, 0.6) is 0 Å². The van der Waals surface area contributed by atoms with E-state index in [1.807, 2.05) is 42.5 Å². The van der Waals surface area contributed by atoms with Crippen LogP contribution >= 0.6 is 11.8 Å². The molecule has 1 aromatic carbocycles. The van der Waals surface area contributed by atoms with Crippen LogP contribution in [0.15, 0.2) is 41.7 Å². The second-order valence-corrected chi connectivity index (χ2v) is 8.10. The van der Waals surface area contributed by atoms with E-state index in [0.717, 1.165) is 21.7 Å². The minimum atomic E-state index is 0.00888. The molecule has 8 nitrogen and oxygen atoms in total. The van der Waals surface area contributed by atoms with Gasteiger partial charge in [-0.05, 0) is 18.4 Å². The van der Waals surface area contributed by atoms with Gasteiger partial charge in [-0.25, -0.2) is 9.97 Å². The number of fused-ring (bicyclic) bond motifs is 1. The lowest BCUT2D eigenvalue weighted by atomic mass is 10.1. The zero-order chi connectivity index (χ0) is 21.1. The number of rotatable bonds is 6. The van der Waals surface area contributed by atoms with Crippen molar-refractivity contribution in [2.45, 2.75) is 17.7 Å². The molecule has 2 aromatic heterocycles. The second-order valence-electron chi connectivity index (χ2n) is 7.22. The molecule has 1 saturated heterocycles. The molecule has 0 spiro atoms. The highest BCUT2D eigenvalue weighted by atomic mass is 32.2. The molecule has 0 unspecified atom stereocenters. The number of amides is 1. The van der Waals surface area contributed by atoms with Gasteiger partial charge in [0.05, 0.1) is 11.6 Å². The smallest absolute Gasteiger partial charge is 0.223 e. The van der Waals surface area contributed by atoms with E-state index in [-0.39, 0.29) is 24.5 Å². The molecule has 156 valence electrons. The minimum Gasteiger partial charge on any atom is -0.352 e. The number of carbonyl (C=O) groups excluding carboxylic acids is 2. The lowest BCUT2D eigenvalue weighted by Crippen LogP contribution is -2.49. The number of carbonyl (C=O) groups is 2. The van der Waals surface area contributed by atoms with Crippen molar-refractivity contribution in [1.29, 1.82) is 0 Å². The number of benzene rings is 1. The van der Waals surface area contributed by atoms with Gasteiger partial charge in [-0.3, -0.25) is 14.3 Å². The molecule has 1 aliphatic heterocycles. The Morgan fingerprint density at radius 3 is 2.47 bits per heavy atom. The number of piperazine rings is 1. The summed E-state index contributed by atoms with van der Waals surface area (Å²) in [4.78, 5) is 38.8. The average molecular weight is 425 g/mol. The first kappa shape index (κ1) is 20.3. The van der Waals surface area contributed by atoms with Crippen molar-refractivity contribution in [1.82, 2.24) is 24.6 Å². The predicted molar refractivity (Wildman–Crippen MR) is 117 cm³/mol. The number of hydrogen-bond acceptors (Lipinski definition) is 7. The van der Waals surface area contributed by atoms with Crippen LogP contribution < -0.4 is 4.90 Å². The van der Waals surface area contributed by atoms with Gasteiger partial charge in [0.15, 0.2) is 11.4 Å². The third kappa shape index (κ3) is 4.16. The summed E-state index contributed by atoms with van der Waals surface area (Å²) in [6.07, 6.45) is 5.80. The summed E-state index contributed by atoms with van der Waals surface area (Å²) in [5, 5.41) is 5.17. The standard InChI is InChI=1S/C21H24N6O2S/c1-25-20-17(13-24-25)21(23-14-22-20)27-11-9-26(10-12-27)19(29)8-7-18(28)15-3-5-16(30-2)6-4-15/h3-6,13-14H,7-12H2,1-2H3. The molecule has 0 bridgehead atoms. The summed E-state index contributed by atoms with van der Waals surface area (Å²) in [5.74, 6) is 0.886. The maximum Gasteiger partial charge on any atom is 0.223 e. The zero-order valence-electron chi connectivity index (χ0n) is 17.1. The molecule has 0 aliphatic carbocycles. The number of Topliss-reactive ketones (excluding diaryl/α,β-unsaturated/α-hetero) is 1. The van der Waals surface area contributed by atoms with Crippen LogP contribution in [0.2, 0.25) is 0 Å². The van der Waals surface area contributed by atoms with Gasteiger partial charge < -0.3 is 9.80 Å². The Hall–Kier alpha value is -2.94. The maximum atomic E-state index is 12.6. The molecule has 1 amide bonds. The van der Waals surface area contributed by atoms with Crippen molar-refractivity contribution in [3.05, 3.63) is 42.4 Å². The monoisotopic (exact) mass is 424 g/mol. The molecule has 0 N–H and O–H groups in total. The van der Waals surface area contributed by atoms with E-state index >= 15 is 0 Å². The number of nitrogens with zero attached hydrogens (tertiary/aromatic N) is 6. The quantitative estimate of drug-likeness (QED) is 0.444. The summed E-state index contributed by atoms with van der Waals surface area (Å²) >= 11 is 1.64. The van der Waals surface area contributed by atoms with E-state index in [0.29, 0.717) is 31.7 Å². The highest BCUT2D eigenvalue weighted by molar-refractivity contribution is 7.98. The summed E-state index contributed by atoms with van der Waals surface area (Å²) < 4.78 is 1.73. The zero-order valence-corrected chi connectivity index (χ0v) is 17.9. The number of aryl methyl sites for hydroxylation is 1. The third-order valence-corrected chi connectivity index (χ3v) is 6.16. The van der Waals surface area contributed by atoms with Crippen molar-refractivity contribution in [2.24, 2.45) is 7.05 Å². The molecular weight excluding hydrogens is 400 g/mol. The van der Waals surface area contributed by atoms with Gasteiger partial charge in [0.25, 0.3) is 0 Å². The Balaban J connectivity index is 1.31. The van der Waals surface area contributed by atoms with E-state index in [1.54, 1.807) is 29.0 Å². The van der Waals surface area contributed by atoms with Crippen LogP contribution in [0.25, 0.3) is 11.0 Å². The van der Waals surface area contributed by atoms with Crippen molar-refractivity contribution in [3.63, 3.8) is 0 Å². The van der Waals surface area contributed by atoms with Crippen molar-refractivity contribution < 1.29 is 9.59 Å². The van der Waals surface area contributed by atoms with E-state index in [2.05, 4.69) is 20.0 Å². The number of thioether (sulfide) groups is 1. The van der Waals surface area contributed by atoms with Crippen LogP contribution in [-0.2, 0) is 11.8 Å². The molecule has 30 heavy (non-hydrogen) atoms. The average Bonchev–Trinajstić information content (AvgIpc) is 3.18. The summed E-state index contributed by atoms with van der Waals surface area (Å²) in [6.45, 7) is 2.61. The fourth-order valence-corrected chi connectivity index (χ4v) is 4.08. The molecule has 3 aromatic rings. The van der Waals surface area contributed by atoms with Crippen LogP contribution in [-0.4, -0.2) is 68.8 Å². The molecule has 4 rings (SSSR count). The van der Waals surface area contributed by atoms with Crippen molar-refractivity contribution in [2.75, 3.05) is 37.3 Å². The topological polar surface area (TPSA) is 84.2 Å². The van der Waals surface area contributed by atoms with Gasteiger partial charge in [-0.2, -0.15) is 5.10 Å². The van der Waals surface area contributed by atoms with Gasteiger partial charge in [0.2, 0.25) is 5.91 Å². The molecule has 0 atom stereocenters. The SMILES string of the molecule is CSc1ccc(C(=O)CCC(=O)N2CCN(c3ncnc4c3cnn4C)CC2)cc1. The van der Waals surface area contributed by atoms with E-state index in [9.17, 15) is 9.59 Å². The van der Waals surface area contributed by atoms with E-state index in [1.165, 1.54) is 0 Å². The fourth-order valence-electron chi connectivity index (χ4n) is 3.67. The molecule has 1 fully saturated rings. The maximum absolute atomic E-state index is 12.6. The summed E-state index contributed by atoms with van der Waals surface area (Å²) in [7, 11) is 1.86. The Morgan fingerprint density at radius 2 is 1.77 bits per heavy atom. The highest BCUT2D eigenvalue weighted by Gasteiger charge is 2.24. The molecule has 0 radical (unpaired) electrons. The Labute approximate surface area is 179 Å². The lowest BCUT2D eigenvalue weighted by Gasteiger charge is -2.35. The number of aromatic nitrogens is 4. The van der Waals surface area contributed by atoms with E-state index in [4.69, 9.17) is 0 Å². The van der Waals surface area contributed by atoms with Crippen LogP contribution in [0, 0.1) is 0 Å². The summed E-state index contributed by atoms with van der Waals surface area (Å²) in [5.41, 5.74) is 1.46. The molecule has 0 saturated carbocycles. The van der Waals surface area contributed by atoms with Crippen molar-refractivity contribution >= 4 is 40.3 Å². The van der Waals surface area contributed by atoms with Gasteiger partial charge in [-0.1, -0.05) is 12.1 Å². The van der Waals surface area contributed by atoms with Crippen LogP contribution in [0.1, 0.15) is 23.2 Å². The first-order valence-electron chi connectivity index (χ1n) is 9.89. The lowest BCUT2D eigenvalue weighted by molar-refractivity contribution is -0.131. The van der Waals surface area contributed by atoms with Gasteiger partial charge in [-0.15, -0.1) is 11.8 Å². The fraction of sp³-hybridized carbons (Fsp3) is 0.381. The van der Waals surface area contributed by atoms with Gasteiger partial charge in [0.1, 0.15) is 12.1 Å². The van der Waals surface area contributed by atoms with Gasteiger partial charge in [0, 0.05) is 56.5 Å². The number of anilines is 1. The number of hydrogen-bond donors (Lipinski definition) is 0. The normalized spacial score (nSPS) is 14.3.